The van der Waals surface area contributed by atoms with Crippen molar-refractivity contribution in [3.05, 3.63) is 143 Å². The zero-order valence-corrected chi connectivity index (χ0v) is 39.3. The fourth-order valence-corrected chi connectivity index (χ4v) is 11.5. The molecule has 0 saturated carbocycles. The van der Waals surface area contributed by atoms with Gasteiger partial charge in [-0.3, -0.25) is 0 Å². The predicted molar refractivity (Wildman–Crippen MR) is 279 cm³/mol. The van der Waals surface area contributed by atoms with Crippen molar-refractivity contribution in [2.45, 2.75) is 107 Å². The first kappa shape index (κ1) is 41.9. The van der Waals surface area contributed by atoms with Gasteiger partial charge >= 0.3 is 0 Å². The van der Waals surface area contributed by atoms with E-state index in [-0.39, 0.29) is 0 Å². The standard InChI is InChI=1S/C62H62O2/c1-9-11-13-15-27-63-53-25-23-43-19-17-21-47-57(43)61(53)51-35-45-34-50-52(36-46(45)33-49(51)59(47)55-39(5)29-37(3)30-40(55)6)62-54(64-28-16-14-12-10-2)26-24-44-20-18-22-48(58(44)62)60(50)56-41(7)31-38(4)32-42(56)8/h17-26,29-36H,9-16,27-28H2,1-8H3. The van der Waals surface area contributed by atoms with Crippen molar-refractivity contribution in [2.75, 3.05) is 13.2 Å². The summed E-state index contributed by atoms with van der Waals surface area (Å²) in [4.78, 5) is 0. The highest BCUT2D eigenvalue weighted by Crippen LogP contribution is 2.51. The second-order valence-electron chi connectivity index (χ2n) is 18.9. The summed E-state index contributed by atoms with van der Waals surface area (Å²) in [5, 5.41) is 17.5. The molecule has 0 fully saturated rings. The van der Waals surface area contributed by atoms with Crippen LogP contribution in [-0.2, 0) is 0 Å². The molecule has 2 nitrogen and oxygen atoms in total. The van der Waals surface area contributed by atoms with Crippen molar-refractivity contribution in [2.24, 2.45) is 0 Å². The molecular formula is C62H62O2. The van der Waals surface area contributed by atoms with Crippen molar-refractivity contribution in [1.82, 2.24) is 0 Å². The van der Waals surface area contributed by atoms with E-state index in [1.54, 1.807) is 0 Å². The van der Waals surface area contributed by atoms with Crippen LogP contribution in [0.2, 0.25) is 0 Å². The first-order valence-corrected chi connectivity index (χ1v) is 24.1. The van der Waals surface area contributed by atoms with Crippen LogP contribution in [0.1, 0.15) is 98.6 Å². The first-order chi connectivity index (χ1) is 31.2. The van der Waals surface area contributed by atoms with Crippen LogP contribution in [0.5, 0.6) is 11.5 Å². The van der Waals surface area contributed by atoms with Gasteiger partial charge in [-0.2, -0.15) is 0 Å². The van der Waals surface area contributed by atoms with Gasteiger partial charge in [-0.25, -0.2) is 0 Å². The molecule has 0 aliphatic rings. The van der Waals surface area contributed by atoms with Crippen LogP contribution in [0.15, 0.2) is 109 Å². The molecule has 10 aromatic carbocycles. The Balaban J connectivity index is 1.36. The summed E-state index contributed by atoms with van der Waals surface area (Å²) in [7, 11) is 0. The van der Waals surface area contributed by atoms with Gasteiger partial charge in [-0.15, -0.1) is 0 Å². The summed E-state index contributed by atoms with van der Waals surface area (Å²) in [6.07, 6.45) is 9.36. The molecule has 0 aliphatic carbocycles. The molecule has 0 spiro atoms. The van der Waals surface area contributed by atoms with Crippen LogP contribution < -0.4 is 9.47 Å². The van der Waals surface area contributed by atoms with Crippen molar-refractivity contribution < 1.29 is 9.47 Å². The van der Waals surface area contributed by atoms with Gasteiger partial charge in [0.25, 0.3) is 0 Å². The molecule has 10 rings (SSSR count). The van der Waals surface area contributed by atoms with Crippen LogP contribution in [0.3, 0.4) is 0 Å². The Kier molecular flexibility index (Phi) is 11.2. The molecule has 0 aromatic heterocycles. The number of hydrogen-bond acceptors (Lipinski definition) is 2. The van der Waals surface area contributed by atoms with E-state index in [0.717, 1.165) is 24.3 Å². The summed E-state index contributed by atoms with van der Waals surface area (Å²) < 4.78 is 13.7. The highest BCUT2D eigenvalue weighted by molar-refractivity contribution is 6.34. The Morgan fingerprint density at radius 2 is 0.719 bits per heavy atom. The lowest BCUT2D eigenvalue weighted by Crippen LogP contribution is -2.00. The SMILES string of the molecule is CCCCCCOc1ccc2cccc3c(-c4c(C)cc(C)cc4C)c4cc5cc6c(cc5cc4c1c23)c(-c1c(C)cc(C)cc1C)c1cccc2ccc(OCCCCCC)c6c21. The number of rotatable bonds is 14. The van der Waals surface area contributed by atoms with E-state index in [1.807, 2.05) is 0 Å². The average Bonchev–Trinajstić information content (AvgIpc) is 3.27. The van der Waals surface area contributed by atoms with Crippen molar-refractivity contribution in [3.8, 4) is 33.8 Å². The van der Waals surface area contributed by atoms with E-state index in [9.17, 15) is 0 Å². The second kappa shape index (κ2) is 17.1. The molecule has 0 amide bonds. The zero-order chi connectivity index (χ0) is 44.2. The maximum atomic E-state index is 6.86. The van der Waals surface area contributed by atoms with Gasteiger partial charge in [0, 0.05) is 21.5 Å². The van der Waals surface area contributed by atoms with E-state index in [2.05, 4.69) is 165 Å². The lowest BCUT2D eigenvalue weighted by atomic mass is 9.81. The highest BCUT2D eigenvalue weighted by Gasteiger charge is 2.24. The molecule has 0 aliphatic heterocycles. The molecule has 0 heterocycles. The van der Waals surface area contributed by atoms with Crippen LogP contribution in [-0.4, -0.2) is 13.2 Å². The zero-order valence-electron chi connectivity index (χ0n) is 39.3. The summed E-state index contributed by atoms with van der Waals surface area (Å²) in [5.41, 5.74) is 13.1. The van der Waals surface area contributed by atoms with Crippen molar-refractivity contribution in [1.29, 1.82) is 0 Å². The fourth-order valence-electron chi connectivity index (χ4n) is 11.5. The molecule has 0 N–H and O–H groups in total. The smallest absolute Gasteiger partial charge is 0.127 e. The third-order valence-corrected chi connectivity index (χ3v) is 14.1. The van der Waals surface area contributed by atoms with Gasteiger partial charge in [0.1, 0.15) is 11.5 Å². The van der Waals surface area contributed by atoms with E-state index >= 15 is 0 Å². The van der Waals surface area contributed by atoms with Crippen LogP contribution in [0, 0.1) is 41.5 Å². The second-order valence-corrected chi connectivity index (χ2v) is 18.9. The number of fused-ring (bicyclic) bond motifs is 5. The number of aryl methyl sites for hydroxylation is 6. The van der Waals surface area contributed by atoms with Crippen LogP contribution in [0.4, 0.5) is 0 Å². The highest BCUT2D eigenvalue weighted by atomic mass is 16.5. The molecule has 0 saturated heterocycles. The summed E-state index contributed by atoms with van der Waals surface area (Å²) in [6, 6.07) is 42.1. The molecule has 0 unspecified atom stereocenters. The van der Waals surface area contributed by atoms with E-state index in [0.29, 0.717) is 13.2 Å². The maximum absolute atomic E-state index is 6.86. The number of unbranched alkanes of at least 4 members (excludes halogenated alkanes) is 6. The molecule has 2 heteroatoms. The molecule has 0 radical (unpaired) electrons. The molecule has 0 bridgehead atoms. The van der Waals surface area contributed by atoms with Gasteiger partial charge < -0.3 is 9.47 Å². The third-order valence-electron chi connectivity index (χ3n) is 14.1. The predicted octanol–water partition coefficient (Wildman–Crippen LogP) is 18.3. The monoisotopic (exact) mass is 838 g/mol. The number of benzene rings is 10. The topological polar surface area (TPSA) is 18.5 Å². The van der Waals surface area contributed by atoms with Gasteiger partial charge in [0.05, 0.1) is 13.2 Å². The first-order valence-electron chi connectivity index (χ1n) is 24.1. The largest absolute Gasteiger partial charge is 0.493 e. The molecule has 64 heavy (non-hydrogen) atoms. The van der Waals surface area contributed by atoms with Gasteiger partial charge in [-0.05, 0) is 189 Å². The van der Waals surface area contributed by atoms with Gasteiger partial charge in [0.2, 0.25) is 0 Å². The Morgan fingerprint density at radius 1 is 0.328 bits per heavy atom. The Labute approximate surface area is 379 Å². The summed E-state index contributed by atoms with van der Waals surface area (Å²) in [5.74, 6) is 1.96. The molecule has 10 aromatic rings. The van der Waals surface area contributed by atoms with Crippen LogP contribution >= 0.6 is 0 Å². The number of ether oxygens (including phenoxy) is 2. The van der Waals surface area contributed by atoms with E-state index < -0.39 is 0 Å². The lowest BCUT2D eigenvalue weighted by molar-refractivity contribution is 0.308. The molecule has 0 atom stereocenters. The number of hydrogen-bond donors (Lipinski definition) is 0. The quantitative estimate of drug-likeness (QED) is 0.0617. The molecule has 322 valence electrons. The maximum Gasteiger partial charge on any atom is 0.127 e. The Morgan fingerprint density at radius 3 is 1.11 bits per heavy atom. The van der Waals surface area contributed by atoms with Crippen LogP contribution in [0.25, 0.3) is 97.7 Å². The van der Waals surface area contributed by atoms with Crippen molar-refractivity contribution >= 4 is 75.4 Å². The Bertz CT molecular complexity index is 3150. The minimum atomic E-state index is 0.714. The third kappa shape index (κ3) is 7.11. The van der Waals surface area contributed by atoms with Crippen molar-refractivity contribution in [3.63, 3.8) is 0 Å². The minimum Gasteiger partial charge on any atom is -0.493 e. The lowest BCUT2D eigenvalue weighted by Gasteiger charge is -2.23. The minimum absolute atomic E-state index is 0.714. The normalized spacial score (nSPS) is 12.1. The summed E-state index contributed by atoms with van der Waals surface area (Å²) in [6.45, 7) is 19.6. The fraction of sp³-hybridized carbons (Fsp3) is 0.290. The van der Waals surface area contributed by atoms with E-state index in [4.69, 9.17) is 9.47 Å². The van der Waals surface area contributed by atoms with Gasteiger partial charge in [0.15, 0.2) is 0 Å². The Hall–Kier alpha value is -6.12. The summed E-state index contributed by atoms with van der Waals surface area (Å²) >= 11 is 0. The average molecular weight is 839 g/mol. The van der Waals surface area contributed by atoms with E-state index in [1.165, 1.54) is 170 Å². The van der Waals surface area contributed by atoms with Gasteiger partial charge in [-0.1, -0.05) is 136 Å². The molecular weight excluding hydrogens is 777 g/mol.